The number of thiazole rings is 1. The molecule has 1 N–H and O–H groups in total. The number of hydrogen-bond donors (Lipinski definition) is 1. The van der Waals surface area contributed by atoms with Crippen molar-refractivity contribution in [1.29, 1.82) is 0 Å². The van der Waals surface area contributed by atoms with Crippen molar-refractivity contribution in [2.45, 2.75) is 39.7 Å². The van der Waals surface area contributed by atoms with Crippen molar-refractivity contribution in [2.24, 2.45) is 0 Å². The Morgan fingerprint density at radius 1 is 1.33 bits per heavy atom. The van der Waals surface area contributed by atoms with Gasteiger partial charge in [-0.25, -0.2) is 4.98 Å². The lowest BCUT2D eigenvalue weighted by Gasteiger charge is -2.17. The third-order valence-corrected chi connectivity index (χ3v) is 4.50. The molecule has 4 heteroatoms. The minimum absolute atomic E-state index is 0.107. The lowest BCUT2D eigenvalue weighted by molar-refractivity contribution is 0.561. The maximum absolute atomic E-state index is 4.86. The fourth-order valence-electron chi connectivity index (χ4n) is 1.81. The Kier molecular flexibility index (Phi) is 4.20. The molecule has 0 aromatic carbocycles. The molecule has 2 heterocycles. The molecule has 0 unspecified atom stereocenters. The smallest absolute Gasteiger partial charge is 0.124 e. The van der Waals surface area contributed by atoms with Gasteiger partial charge in [0.25, 0.3) is 0 Å². The Bertz CT molecular complexity index is 492. The quantitative estimate of drug-likeness (QED) is 0.904. The van der Waals surface area contributed by atoms with Crippen LogP contribution in [0.15, 0.2) is 16.8 Å². The molecule has 0 aliphatic heterocycles. The van der Waals surface area contributed by atoms with Gasteiger partial charge in [0.2, 0.25) is 0 Å². The highest BCUT2D eigenvalue weighted by Crippen LogP contribution is 2.35. The van der Waals surface area contributed by atoms with Crippen LogP contribution >= 0.6 is 22.7 Å². The second kappa shape index (κ2) is 5.51. The zero-order valence-corrected chi connectivity index (χ0v) is 13.0. The highest BCUT2D eigenvalue weighted by atomic mass is 32.1. The van der Waals surface area contributed by atoms with Gasteiger partial charge in [0.15, 0.2) is 0 Å². The van der Waals surface area contributed by atoms with Gasteiger partial charge in [0.1, 0.15) is 5.01 Å². The minimum Gasteiger partial charge on any atom is -0.312 e. The van der Waals surface area contributed by atoms with Crippen LogP contribution in [0.2, 0.25) is 0 Å². The van der Waals surface area contributed by atoms with Gasteiger partial charge in [-0.05, 0) is 18.0 Å². The summed E-state index contributed by atoms with van der Waals surface area (Å²) in [7, 11) is 0. The summed E-state index contributed by atoms with van der Waals surface area (Å²) in [6, 6.07) is 2.15. The Labute approximate surface area is 117 Å². The van der Waals surface area contributed by atoms with E-state index in [0.29, 0.717) is 0 Å². The first-order valence-electron chi connectivity index (χ1n) is 6.26. The number of rotatable bonds is 4. The summed E-state index contributed by atoms with van der Waals surface area (Å²) >= 11 is 3.54. The zero-order valence-electron chi connectivity index (χ0n) is 11.4. The van der Waals surface area contributed by atoms with Crippen molar-refractivity contribution in [3.8, 4) is 10.6 Å². The number of aromatic nitrogens is 1. The zero-order chi connectivity index (χ0) is 13.2. The summed E-state index contributed by atoms with van der Waals surface area (Å²) in [4.78, 5) is 6.23. The molecule has 0 atom stereocenters. The summed E-state index contributed by atoms with van der Waals surface area (Å²) in [6.07, 6.45) is 0. The lowest BCUT2D eigenvalue weighted by atomic mass is 9.91. The normalized spacial score (nSPS) is 12.0. The number of nitrogens with one attached hydrogen (secondary N) is 1. The van der Waals surface area contributed by atoms with Crippen molar-refractivity contribution in [1.82, 2.24) is 10.3 Å². The van der Waals surface area contributed by atoms with Crippen LogP contribution in [0, 0.1) is 0 Å². The molecule has 2 nitrogen and oxygen atoms in total. The highest BCUT2D eigenvalue weighted by molar-refractivity contribution is 7.15. The third-order valence-electron chi connectivity index (χ3n) is 2.71. The molecule has 2 aromatic heterocycles. The van der Waals surface area contributed by atoms with E-state index in [0.717, 1.165) is 18.1 Å². The molecule has 0 bridgehead atoms. The second-order valence-corrected chi connectivity index (χ2v) is 7.20. The van der Waals surface area contributed by atoms with Crippen LogP contribution in [0.4, 0.5) is 0 Å². The molecule has 0 spiro atoms. The Balaban J connectivity index is 2.38. The topological polar surface area (TPSA) is 24.9 Å². The van der Waals surface area contributed by atoms with Gasteiger partial charge in [-0.1, -0.05) is 27.7 Å². The van der Waals surface area contributed by atoms with Crippen molar-refractivity contribution >= 4 is 22.7 Å². The molecule has 0 aliphatic rings. The maximum Gasteiger partial charge on any atom is 0.124 e. The van der Waals surface area contributed by atoms with Crippen molar-refractivity contribution in [2.75, 3.05) is 6.54 Å². The predicted octanol–water partition coefficient (Wildman–Crippen LogP) is 4.28. The van der Waals surface area contributed by atoms with Crippen LogP contribution in [0.3, 0.4) is 0 Å². The van der Waals surface area contributed by atoms with E-state index in [1.54, 1.807) is 11.3 Å². The van der Waals surface area contributed by atoms with Crippen LogP contribution in [0.5, 0.6) is 0 Å². The van der Waals surface area contributed by atoms with Crippen LogP contribution < -0.4 is 5.32 Å². The van der Waals surface area contributed by atoms with Gasteiger partial charge in [0.05, 0.1) is 5.69 Å². The summed E-state index contributed by atoms with van der Waals surface area (Å²) in [5, 5.41) is 8.83. The van der Waals surface area contributed by atoms with Gasteiger partial charge >= 0.3 is 0 Å². The molecule has 98 valence electrons. The van der Waals surface area contributed by atoms with Crippen molar-refractivity contribution < 1.29 is 0 Å². The van der Waals surface area contributed by atoms with Crippen molar-refractivity contribution in [3.05, 3.63) is 27.4 Å². The SMILES string of the molecule is CCNCc1sc(-c2ccsc2)nc1C(C)(C)C. The number of hydrogen-bond acceptors (Lipinski definition) is 4. The molecule has 2 rings (SSSR count). The van der Waals surface area contributed by atoms with E-state index < -0.39 is 0 Å². The van der Waals surface area contributed by atoms with Crippen LogP contribution in [0.1, 0.15) is 38.3 Å². The van der Waals surface area contributed by atoms with E-state index in [4.69, 9.17) is 4.98 Å². The molecule has 0 saturated heterocycles. The van der Waals surface area contributed by atoms with Gasteiger partial charge < -0.3 is 5.32 Å². The molecule has 0 aliphatic carbocycles. The van der Waals surface area contributed by atoms with E-state index >= 15 is 0 Å². The first-order chi connectivity index (χ1) is 8.52. The van der Waals surface area contributed by atoms with Gasteiger partial charge in [-0.15, -0.1) is 11.3 Å². The molecule has 18 heavy (non-hydrogen) atoms. The van der Waals surface area contributed by atoms with Crippen molar-refractivity contribution in [3.63, 3.8) is 0 Å². The summed E-state index contributed by atoms with van der Waals surface area (Å²) in [5.41, 5.74) is 2.59. The molecule has 0 fully saturated rings. The summed E-state index contributed by atoms with van der Waals surface area (Å²) < 4.78 is 0. The van der Waals surface area contributed by atoms with Crippen LogP contribution in [-0.4, -0.2) is 11.5 Å². The molecule has 0 amide bonds. The van der Waals surface area contributed by atoms with E-state index in [1.165, 1.54) is 16.1 Å². The van der Waals surface area contributed by atoms with Gasteiger partial charge in [-0.2, -0.15) is 11.3 Å². The average molecular weight is 280 g/mol. The lowest BCUT2D eigenvalue weighted by Crippen LogP contribution is -2.18. The Hall–Kier alpha value is -0.710. The molecular weight excluding hydrogens is 260 g/mol. The average Bonchev–Trinajstić information content (AvgIpc) is 2.93. The van der Waals surface area contributed by atoms with Crippen LogP contribution in [0.25, 0.3) is 10.6 Å². The fourth-order valence-corrected chi connectivity index (χ4v) is 3.76. The largest absolute Gasteiger partial charge is 0.312 e. The second-order valence-electron chi connectivity index (χ2n) is 5.33. The first-order valence-corrected chi connectivity index (χ1v) is 8.01. The van der Waals surface area contributed by atoms with Gasteiger partial charge in [-0.3, -0.25) is 0 Å². The molecular formula is C14H20N2S2. The minimum atomic E-state index is 0.107. The molecule has 0 saturated carbocycles. The fraction of sp³-hybridized carbons (Fsp3) is 0.500. The maximum atomic E-state index is 4.86. The first kappa shape index (κ1) is 13.7. The Morgan fingerprint density at radius 2 is 2.11 bits per heavy atom. The monoisotopic (exact) mass is 280 g/mol. The standard InChI is InChI=1S/C14H20N2S2/c1-5-15-8-11-12(14(2,3)4)16-13(18-11)10-6-7-17-9-10/h6-7,9,15H,5,8H2,1-4H3. The summed E-state index contributed by atoms with van der Waals surface area (Å²) in [5.74, 6) is 0. The van der Waals surface area contributed by atoms with E-state index in [-0.39, 0.29) is 5.41 Å². The van der Waals surface area contributed by atoms with E-state index in [1.807, 2.05) is 11.3 Å². The number of nitrogens with zero attached hydrogens (tertiary/aromatic N) is 1. The number of thiophene rings is 1. The Morgan fingerprint density at radius 3 is 2.67 bits per heavy atom. The van der Waals surface area contributed by atoms with E-state index in [9.17, 15) is 0 Å². The predicted molar refractivity (Wildman–Crippen MR) is 81.5 cm³/mol. The third kappa shape index (κ3) is 2.99. The van der Waals surface area contributed by atoms with Crippen LogP contribution in [-0.2, 0) is 12.0 Å². The van der Waals surface area contributed by atoms with Gasteiger partial charge in [0, 0.05) is 27.8 Å². The highest BCUT2D eigenvalue weighted by Gasteiger charge is 2.23. The molecule has 0 radical (unpaired) electrons. The molecule has 2 aromatic rings. The van der Waals surface area contributed by atoms with E-state index in [2.05, 4.69) is 49.8 Å². The summed E-state index contributed by atoms with van der Waals surface area (Å²) in [6.45, 7) is 10.7.